The molecule has 2 rings (SSSR count). The maximum atomic E-state index is 12.2. The van der Waals surface area contributed by atoms with Crippen LogP contribution in [0, 0.1) is 0 Å². The number of rotatable bonds is 4. The number of aryl methyl sites for hydroxylation is 1. The Morgan fingerprint density at radius 3 is 2.75 bits per heavy atom. The van der Waals surface area contributed by atoms with E-state index < -0.39 is 0 Å². The number of benzene rings is 1. The maximum Gasteiger partial charge on any atom is 0.241 e. The highest BCUT2D eigenvalue weighted by atomic mass is 16.3. The summed E-state index contributed by atoms with van der Waals surface area (Å²) in [4.78, 5) is 14.3. The summed E-state index contributed by atoms with van der Waals surface area (Å²) in [5, 5.41) is 12.6. The quantitative estimate of drug-likeness (QED) is 0.885. The van der Waals surface area contributed by atoms with E-state index >= 15 is 0 Å². The Morgan fingerprint density at radius 2 is 2.15 bits per heavy atom. The molecule has 1 aromatic carbocycles. The van der Waals surface area contributed by atoms with Crippen LogP contribution >= 0.6 is 0 Å². The highest BCUT2D eigenvalue weighted by Crippen LogP contribution is 2.15. The fourth-order valence-corrected chi connectivity index (χ4v) is 2.57. The number of amides is 1. The third kappa shape index (κ3) is 3.81. The Labute approximate surface area is 120 Å². The molecule has 1 saturated heterocycles. The molecule has 1 heterocycles. The predicted molar refractivity (Wildman–Crippen MR) is 80.7 cm³/mol. The lowest BCUT2D eigenvalue weighted by atomic mass is 10.1. The molecule has 0 saturated carbocycles. The molecular weight excluding hydrogens is 252 g/mol. The number of nitrogens with zero attached hydrogens (tertiary/aromatic N) is 1. The van der Waals surface area contributed by atoms with Crippen LogP contribution in [0.3, 0.4) is 0 Å². The van der Waals surface area contributed by atoms with Gasteiger partial charge in [-0.15, -0.1) is 0 Å². The molecule has 4 nitrogen and oxygen atoms in total. The normalized spacial score (nSPS) is 21.4. The first-order chi connectivity index (χ1) is 9.60. The first kappa shape index (κ1) is 15.0. The minimum atomic E-state index is -0.303. The van der Waals surface area contributed by atoms with Crippen molar-refractivity contribution in [3.8, 4) is 0 Å². The van der Waals surface area contributed by atoms with Crippen molar-refractivity contribution >= 4 is 11.6 Å². The van der Waals surface area contributed by atoms with Gasteiger partial charge in [-0.25, -0.2) is 0 Å². The van der Waals surface area contributed by atoms with Crippen molar-refractivity contribution in [1.29, 1.82) is 0 Å². The lowest BCUT2D eigenvalue weighted by Gasteiger charge is -2.33. The third-order valence-electron chi connectivity index (χ3n) is 3.98. The van der Waals surface area contributed by atoms with Crippen LogP contribution in [0.25, 0.3) is 0 Å². The first-order valence-electron chi connectivity index (χ1n) is 7.42. The Bertz CT molecular complexity index is 444. The molecule has 0 spiro atoms. The summed E-state index contributed by atoms with van der Waals surface area (Å²) < 4.78 is 0. The molecule has 0 bridgehead atoms. The van der Waals surface area contributed by atoms with Gasteiger partial charge in [0.05, 0.1) is 12.1 Å². The van der Waals surface area contributed by atoms with Gasteiger partial charge >= 0.3 is 0 Å². The number of β-amino-alcohol motifs (C(OH)–C–C–N with tert-alkyl or cyclic N) is 1. The van der Waals surface area contributed by atoms with Crippen LogP contribution in [-0.2, 0) is 11.2 Å². The van der Waals surface area contributed by atoms with Gasteiger partial charge in [0, 0.05) is 12.2 Å². The first-order valence-corrected chi connectivity index (χ1v) is 7.42. The lowest BCUT2D eigenvalue weighted by molar-refractivity contribution is -0.121. The summed E-state index contributed by atoms with van der Waals surface area (Å²) in [6, 6.07) is 7.73. The topological polar surface area (TPSA) is 52.6 Å². The fraction of sp³-hybridized carbons (Fsp3) is 0.562. The van der Waals surface area contributed by atoms with E-state index in [1.54, 1.807) is 0 Å². The molecule has 2 atom stereocenters. The summed E-state index contributed by atoms with van der Waals surface area (Å²) in [6.07, 6.45) is 2.48. The number of hydrogen-bond acceptors (Lipinski definition) is 3. The summed E-state index contributed by atoms with van der Waals surface area (Å²) >= 11 is 0. The second-order valence-electron chi connectivity index (χ2n) is 5.51. The largest absolute Gasteiger partial charge is 0.392 e. The number of likely N-dealkylation sites (tertiary alicyclic amines) is 1. The van der Waals surface area contributed by atoms with Gasteiger partial charge in [-0.1, -0.05) is 19.1 Å². The van der Waals surface area contributed by atoms with E-state index in [1.807, 2.05) is 36.1 Å². The average molecular weight is 276 g/mol. The SMILES string of the molecule is CCc1ccc(NC(=O)C(C)N2CCCC(O)C2)cc1. The van der Waals surface area contributed by atoms with Crippen LogP contribution in [-0.4, -0.2) is 41.1 Å². The standard InChI is InChI=1S/C16H24N2O2/c1-3-13-6-8-14(9-7-13)17-16(20)12(2)18-10-4-5-15(19)11-18/h6-9,12,15,19H,3-5,10-11H2,1-2H3,(H,17,20). The molecule has 4 heteroatoms. The van der Waals surface area contributed by atoms with Crippen molar-refractivity contribution in [2.24, 2.45) is 0 Å². The summed E-state index contributed by atoms with van der Waals surface area (Å²) in [5.74, 6) is -0.0108. The lowest BCUT2D eigenvalue weighted by Crippen LogP contribution is -2.48. The summed E-state index contributed by atoms with van der Waals surface area (Å²) in [7, 11) is 0. The van der Waals surface area contributed by atoms with E-state index in [0.29, 0.717) is 6.54 Å². The number of aliphatic hydroxyl groups excluding tert-OH is 1. The van der Waals surface area contributed by atoms with Gasteiger partial charge in [-0.3, -0.25) is 9.69 Å². The minimum Gasteiger partial charge on any atom is -0.392 e. The summed E-state index contributed by atoms with van der Waals surface area (Å²) in [6.45, 7) is 5.47. The van der Waals surface area contributed by atoms with E-state index in [2.05, 4.69) is 12.2 Å². The van der Waals surface area contributed by atoms with Crippen molar-refractivity contribution in [2.75, 3.05) is 18.4 Å². The zero-order valence-corrected chi connectivity index (χ0v) is 12.3. The average Bonchev–Trinajstić information content (AvgIpc) is 2.47. The molecule has 0 aromatic heterocycles. The second-order valence-corrected chi connectivity index (χ2v) is 5.51. The van der Waals surface area contributed by atoms with Gasteiger partial charge < -0.3 is 10.4 Å². The second kappa shape index (κ2) is 6.86. The number of hydrogen-bond donors (Lipinski definition) is 2. The molecule has 0 radical (unpaired) electrons. The van der Waals surface area contributed by atoms with Crippen LogP contribution in [0.4, 0.5) is 5.69 Å². The Kier molecular flexibility index (Phi) is 5.15. The van der Waals surface area contributed by atoms with E-state index in [-0.39, 0.29) is 18.1 Å². The molecule has 0 aliphatic carbocycles. The van der Waals surface area contributed by atoms with Gasteiger partial charge in [0.15, 0.2) is 0 Å². The van der Waals surface area contributed by atoms with Gasteiger partial charge in [-0.2, -0.15) is 0 Å². The van der Waals surface area contributed by atoms with Gasteiger partial charge in [-0.05, 0) is 50.4 Å². The summed E-state index contributed by atoms with van der Waals surface area (Å²) in [5.41, 5.74) is 2.09. The number of carbonyl (C=O) groups is 1. The van der Waals surface area contributed by atoms with Crippen molar-refractivity contribution < 1.29 is 9.90 Å². The molecule has 20 heavy (non-hydrogen) atoms. The van der Waals surface area contributed by atoms with E-state index in [1.165, 1.54) is 5.56 Å². The van der Waals surface area contributed by atoms with Crippen LogP contribution in [0.15, 0.2) is 24.3 Å². The van der Waals surface area contributed by atoms with Crippen LogP contribution < -0.4 is 5.32 Å². The highest BCUT2D eigenvalue weighted by molar-refractivity contribution is 5.94. The number of carbonyl (C=O) groups excluding carboxylic acids is 1. The molecule has 1 aliphatic heterocycles. The van der Waals surface area contributed by atoms with Gasteiger partial charge in [0.1, 0.15) is 0 Å². The maximum absolute atomic E-state index is 12.2. The molecule has 2 unspecified atom stereocenters. The Balaban J connectivity index is 1.92. The zero-order valence-electron chi connectivity index (χ0n) is 12.3. The molecule has 1 amide bonds. The molecule has 1 aliphatic rings. The monoisotopic (exact) mass is 276 g/mol. The molecule has 110 valence electrons. The predicted octanol–water partition coefficient (Wildman–Crippen LogP) is 2.03. The highest BCUT2D eigenvalue weighted by Gasteiger charge is 2.26. The van der Waals surface area contributed by atoms with Gasteiger partial charge in [0.2, 0.25) is 5.91 Å². The van der Waals surface area contributed by atoms with Crippen LogP contribution in [0.2, 0.25) is 0 Å². The van der Waals surface area contributed by atoms with Crippen LogP contribution in [0.1, 0.15) is 32.3 Å². The number of aliphatic hydroxyl groups is 1. The van der Waals surface area contributed by atoms with Crippen molar-refractivity contribution in [3.05, 3.63) is 29.8 Å². The number of anilines is 1. The Hall–Kier alpha value is -1.39. The van der Waals surface area contributed by atoms with E-state index in [9.17, 15) is 9.90 Å². The molecule has 1 fully saturated rings. The molecule has 2 N–H and O–H groups in total. The van der Waals surface area contributed by atoms with E-state index in [4.69, 9.17) is 0 Å². The van der Waals surface area contributed by atoms with Crippen molar-refractivity contribution in [2.45, 2.75) is 45.3 Å². The van der Waals surface area contributed by atoms with Gasteiger partial charge in [0.25, 0.3) is 0 Å². The smallest absolute Gasteiger partial charge is 0.241 e. The minimum absolute atomic E-state index is 0.0108. The van der Waals surface area contributed by atoms with Crippen molar-refractivity contribution in [3.63, 3.8) is 0 Å². The van der Waals surface area contributed by atoms with Crippen molar-refractivity contribution in [1.82, 2.24) is 4.90 Å². The number of piperidine rings is 1. The molecular formula is C16H24N2O2. The number of nitrogens with one attached hydrogen (secondary N) is 1. The Morgan fingerprint density at radius 1 is 1.45 bits per heavy atom. The van der Waals surface area contributed by atoms with Crippen LogP contribution in [0.5, 0.6) is 0 Å². The fourth-order valence-electron chi connectivity index (χ4n) is 2.57. The van der Waals surface area contributed by atoms with E-state index in [0.717, 1.165) is 31.5 Å². The zero-order chi connectivity index (χ0) is 14.5. The third-order valence-corrected chi connectivity index (χ3v) is 3.98. The molecule has 1 aromatic rings.